The summed E-state index contributed by atoms with van der Waals surface area (Å²) < 4.78 is 11.2. The average molecular weight is 499 g/mol. The number of carbonyl (C=O) groups is 1. The van der Waals surface area contributed by atoms with Crippen molar-refractivity contribution < 1.29 is 14.1 Å². The van der Waals surface area contributed by atoms with Crippen LogP contribution in [0.25, 0.3) is 5.57 Å². The van der Waals surface area contributed by atoms with E-state index in [1.807, 2.05) is 36.4 Å². The second kappa shape index (κ2) is 10.3. The Balaban J connectivity index is 1.43. The maximum atomic E-state index is 13.9. The number of amides is 1. The summed E-state index contributed by atoms with van der Waals surface area (Å²) in [6.45, 7) is 5.55. The molecule has 0 spiro atoms. The number of carbonyl (C=O) groups excluding carboxylic acids is 1. The predicted octanol–water partition coefficient (Wildman–Crippen LogP) is 5.42. The summed E-state index contributed by atoms with van der Waals surface area (Å²) in [4.78, 5) is 20.6. The molecule has 7 nitrogen and oxygen atoms in total. The molecule has 7 heteroatoms. The molecule has 192 valence electrons. The molecule has 0 bridgehead atoms. The molecule has 2 aliphatic rings. The van der Waals surface area contributed by atoms with Gasteiger partial charge in [0.15, 0.2) is 5.82 Å². The Labute approximate surface area is 218 Å². The van der Waals surface area contributed by atoms with Gasteiger partial charge in [-0.2, -0.15) is 4.98 Å². The van der Waals surface area contributed by atoms with Crippen molar-refractivity contribution >= 4 is 17.2 Å². The number of anilines is 1. The van der Waals surface area contributed by atoms with Crippen LogP contribution in [0.4, 0.5) is 5.69 Å². The van der Waals surface area contributed by atoms with Gasteiger partial charge in [0.25, 0.3) is 0 Å². The van der Waals surface area contributed by atoms with Crippen LogP contribution in [0.5, 0.6) is 5.75 Å². The largest absolute Gasteiger partial charge is 0.493 e. The lowest BCUT2D eigenvalue weighted by Gasteiger charge is -2.30. The van der Waals surface area contributed by atoms with Crippen molar-refractivity contribution in [1.29, 1.82) is 0 Å². The molecule has 1 aromatic heterocycles. The van der Waals surface area contributed by atoms with Crippen molar-refractivity contribution in [2.75, 3.05) is 32.6 Å². The molecule has 5 rings (SSSR count). The zero-order valence-electron chi connectivity index (χ0n) is 22.0. The summed E-state index contributed by atoms with van der Waals surface area (Å²) in [7, 11) is 4.18. The van der Waals surface area contributed by atoms with Gasteiger partial charge in [0.05, 0.1) is 6.61 Å². The number of aromatic nitrogens is 2. The number of aryl methyl sites for hydroxylation is 2. The van der Waals surface area contributed by atoms with Crippen LogP contribution >= 0.6 is 0 Å². The number of fused-ring (bicyclic) bond motifs is 1. The van der Waals surface area contributed by atoms with Crippen LogP contribution in [0.3, 0.4) is 0 Å². The minimum absolute atomic E-state index is 0.189. The lowest BCUT2D eigenvalue weighted by molar-refractivity contribution is -0.120. The van der Waals surface area contributed by atoms with Gasteiger partial charge < -0.3 is 19.5 Å². The molecular weight excluding hydrogens is 464 g/mol. The lowest BCUT2D eigenvalue weighted by atomic mass is 9.77. The summed E-state index contributed by atoms with van der Waals surface area (Å²) in [5.41, 5.74) is 4.24. The summed E-state index contributed by atoms with van der Waals surface area (Å²) >= 11 is 0. The van der Waals surface area contributed by atoms with Crippen molar-refractivity contribution in [2.24, 2.45) is 0 Å². The SMILES string of the molecule is Cc1nc(C2(C(=O)Nc3ccc4c(c3)C(CCN(C)C)CCO4)C=CC(c3ccccc3C)=CC2)no1. The Morgan fingerprint density at radius 1 is 1.19 bits per heavy atom. The standard InChI is InChI=1S/C30H34N4O3/c1-20-7-5-6-8-25(20)22-11-15-30(16-12-22,28-31-21(2)37-33-28)29(35)32-24-9-10-27-26(19-24)23(14-18-36-27)13-17-34(3)4/h5-12,15,19,23H,13-14,16-18H2,1-4H3,(H,32,35). The van der Waals surface area contributed by atoms with Crippen LogP contribution in [0.15, 0.2) is 65.2 Å². The highest BCUT2D eigenvalue weighted by Crippen LogP contribution is 2.40. The van der Waals surface area contributed by atoms with Gasteiger partial charge in [0.1, 0.15) is 11.2 Å². The van der Waals surface area contributed by atoms with E-state index >= 15 is 0 Å². The van der Waals surface area contributed by atoms with Gasteiger partial charge >= 0.3 is 0 Å². The smallest absolute Gasteiger partial charge is 0.242 e. The molecule has 2 atom stereocenters. The number of nitrogens with one attached hydrogen (secondary N) is 1. The van der Waals surface area contributed by atoms with Crippen molar-refractivity contribution in [1.82, 2.24) is 15.0 Å². The molecule has 0 saturated carbocycles. The normalized spacial score (nSPS) is 20.8. The fourth-order valence-electron chi connectivity index (χ4n) is 5.15. The van der Waals surface area contributed by atoms with Gasteiger partial charge in [-0.25, -0.2) is 0 Å². The van der Waals surface area contributed by atoms with Crippen LogP contribution in [-0.2, 0) is 10.2 Å². The molecule has 2 heterocycles. The summed E-state index contributed by atoms with van der Waals surface area (Å²) in [6.07, 6.45) is 8.44. The number of allylic oxidation sites excluding steroid dienone is 3. The second-order valence-electron chi connectivity index (χ2n) is 10.3. The van der Waals surface area contributed by atoms with E-state index in [0.717, 1.165) is 54.1 Å². The van der Waals surface area contributed by atoms with E-state index < -0.39 is 5.41 Å². The summed E-state index contributed by atoms with van der Waals surface area (Å²) in [5, 5.41) is 7.32. The van der Waals surface area contributed by atoms with E-state index in [-0.39, 0.29) is 5.91 Å². The van der Waals surface area contributed by atoms with Crippen LogP contribution in [-0.4, -0.2) is 48.2 Å². The molecule has 0 saturated heterocycles. The fraction of sp³-hybridized carbons (Fsp3) is 0.367. The molecule has 1 aliphatic heterocycles. The Kier molecular flexibility index (Phi) is 6.98. The molecule has 37 heavy (non-hydrogen) atoms. The van der Waals surface area contributed by atoms with E-state index in [1.165, 1.54) is 5.56 Å². The highest BCUT2D eigenvalue weighted by molar-refractivity contribution is 6.01. The third kappa shape index (κ3) is 5.09. The molecule has 1 N–H and O–H groups in total. The van der Waals surface area contributed by atoms with Crippen molar-refractivity contribution in [3.8, 4) is 5.75 Å². The molecule has 1 aliphatic carbocycles. The highest BCUT2D eigenvalue weighted by Gasteiger charge is 2.43. The summed E-state index contributed by atoms with van der Waals surface area (Å²) in [6, 6.07) is 14.2. The van der Waals surface area contributed by atoms with Gasteiger partial charge in [0, 0.05) is 12.6 Å². The van der Waals surface area contributed by atoms with Crippen LogP contribution in [0.2, 0.25) is 0 Å². The number of benzene rings is 2. The Morgan fingerprint density at radius 3 is 2.73 bits per heavy atom. The van der Waals surface area contributed by atoms with E-state index in [4.69, 9.17) is 9.26 Å². The number of ether oxygens (including phenoxy) is 1. The van der Waals surface area contributed by atoms with Crippen LogP contribution in [0, 0.1) is 13.8 Å². The maximum absolute atomic E-state index is 13.9. The number of rotatable bonds is 7. The number of hydrogen-bond acceptors (Lipinski definition) is 6. The van der Waals surface area contributed by atoms with E-state index in [9.17, 15) is 4.79 Å². The first-order valence-corrected chi connectivity index (χ1v) is 12.8. The van der Waals surface area contributed by atoms with E-state index in [1.54, 1.807) is 6.92 Å². The minimum Gasteiger partial charge on any atom is -0.493 e. The zero-order chi connectivity index (χ0) is 26.0. The maximum Gasteiger partial charge on any atom is 0.242 e. The predicted molar refractivity (Wildman–Crippen MR) is 145 cm³/mol. The molecule has 2 aromatic carbocycles. The monoisotopic (exact) mass is 498 g/mol. The van der Waals surface area contributed by atoms with Crippen molar-refractivity contribution in [2.45, 2.75) is 44.4 Å². The first kappa shape index (κ1) is 25.0. The first-order chi connectivity index (χ1) is 17.9. The second-order valence-corrected chi connectivity index (χ2v) is 10.3. The Bertz CT molecular complexity index is 1360. The van der Waals surface area contributed by atoms with Gasteiger partial charge in [-0.1, -0.05) is 47.7 Å². The van der Waals surface area contributed by atoms with Gasteiger partial charge in [0.2, 0.25) is 11.8 Å². The molecule has 3 aromatic rings. The summed E-state index contributed by atoms with van der Waals surface area (Å²) in [5.74, 6) is 1.90. The van der Waals surface area contributed by atoms with Crippen LogP contribution < -0.4 is 10.1 Å². The topological polar surface area (TPSA) is 80.5 Å². The quantitative estimate of drug-likeness (QED) is 0.468. The minimum atomic E-state index is -1.07. The van der Waals surface area contributed by atoms with Crippen molar-refractivity contribution in [3.05, 3.63) is 89.1 Å². The highest BCUT2D eigenvalue weighted by atomic mass is 16.5. The number of hydrogen-bond donors (Lipinski definition) is 1. The van der Waals surface area contributed by atoms with E-state index in [2.05, 4.69) is 65.7 Å². The van der Waals surface area contributed by atoms with E-state index in [0.29, 0.717) is 24.1 Å². The molecular formula is C30H34N4O3. The van der Waals surface area contributed by atoms with Gasteiger partial charge in [-0.15, -0.1) is 0 Å². The third-order valence-electron chi connectivity index (χ3n) is 7.34. The molecule has 2 unspecified atom stereocenters. The first-order valence-electron chi connectivity index (χ1n) is 12.8. The van der Waals surface area contributed by atoms with Gasteiger partial charge in [-0.3, -0.25) is 4.79 Å². The molecule has 0 radical (unpaired) electrons. The average Bonchev–Trinajstić information content (AvgIpc) is 3.34. The van der Waals surface area contributed by atoms with Crippen molar-refractivity contribution in [3.63, 3.8) is 0 Å². The Morgan fingerprint density at radius 2 is 2.03 bits per heavy atom. The lowest BCUT2D eigenvalue weighted by Crippen LogP contribution is -2.40. The molecule has 0 fully saturated rings. The van der Waals surface area contributed by atoms with Crippen LogP contribution in [0.1, 0.15) is 53.6 Å². The number of nitrogens with zero attached hydrogens (tertiary/aromatic N) is 3. The Hall–Kier alpha value is -3.71. The third-order valence-corrected chi connectivity index (χ3v) is 7.34. The van der Waals surface area contributed by atoms with Gasteiger partial charge in [-0.05, 0) is 93.2 Å². The molecule has 1 amide bonds. The zero-order valence-corrected chi connectivity index (χ0v) is 22.0. The fourth-order valence-corrected chi connectivity index (χ4v) is 5.15.